The van der Waals surface area contributed by atoms with Crippen molar-refractivity contribution < 1.29 is 28.6 Å². The van der Waals surface area contributed by atoms with Crippen molar-refractivity contribution in [2.75, 3.05) is 13.2 Å². The maximum absolute atomic E-state index is 12.6. The van der Waals surface area contributed by atoms with E-state index in [0.29, 0.717) is 19.3 Å². The molecule has 0 aliphatic rings. The molecule has 0 amide bonds. The van der Waals surface area contributed by atoms with Gasteiger partial charge in [-0.3, -0.25) is 14.4 Å². The molecule has 0 aliphatic carbocycles. The number of carbonyl (C=O) groups excluding carboxylic acids is 3. The van der Waals surface area contributed by atoms with E-state index in [4.69, 9.17) is 14.2 Å². The number of rotatable bonds is 32. The molecule has 0 aromatic heterocycles. The summed E-state index contributed by atoms with van der Waals surface area (Å²) in [4.78, 5) is 37.3. The van der Waals surface area contributed by atoms with Gasteiger partial charge in [-0.15, -0.1) is 0 Å². The molecule has 49 heavy (non-hydrogen) atoms. The molecular formula is C43H68O6. The molecule has 0 saturated heterocycles. The summed E-state index contributed by atoms with van der Waals surface area (Å²) in [5.74, 6) is -1.02. The fraction of sp³-hybridized carbons (Fsp3) is 0.605. The van der Waals surface area contributed by atoms with Gasteiger partial charge >= 0.3 is 17.9 Å². The Hall–Kier alpha value is -3.41. The highest BCUT2D eigenvalue weighted by molar-refractivity contribution is 5.71. The Balaban J connectivity index is 4.49. The van der Waals surface area contributed by atoms with E-state index in [0.717, 1.165) is 103 Å². The quantitative estimate of drug-likeness (QED) is 0.0231. The van der Waals surface area contributed by atoms with Gasteiger partial charge in [-0.25, -0.2) is 0 Å². The zero-order valence-corrected chi connectivity index (χ0v) is 31.2. The van der Waals surface area contributed by atoms with Crippen LogP contribution in [0.3, 0.4) is 0 Å². The van der Waals surface area contributed by atoms with Crippen LogP contribution in [0.2, 0.25) is 0 Å². The second kappa shape index (κ2) is 37.4. The molecule has 0 aromatic carbocycles. The third kappa shape index (κ3) is 35.7. The summed E-state index contributed by atoms with van der Waals surface area (Å²) in [7, 11) is 0. The van der Waals surface area contributed by atoms with Gasteiger partial charge in [0.2, 0.25) is 0 Å². The Kier molecular flexibility index (Phi) is 34.8. The third-order valence-electron chi connectivity index (χ3n) is 7.44. The Morgan fingerprint density at radius 1 is 0.429 bits per heavy atom. The fourth-order valence-corrected chi connectivity index (χ4v) is 4.63. The van der Waals surface area contributed by atoms with Crippen molar-refractivity contribution in [2.45, 2.75) is 155 Å². The van der Waals surface area contributed by atoms with Crippen molar-refractivity contribution in [3.05, 3.63) is 85.1 Å². The van der Waals surface area contributed by atoms with Crippen LogP contribution in [0.15, 0.2) is 85.1 Å². The van der Waals surface area contributed by atoms with Crippen LogP contribution in [0.1, 0.15) is 149 Å². The lowest BCUT2D eigenvalue weighted by molar-refractivity contribution is -0.167. The number of esters is 3. The molecule has 0 fully saturated rings. The van der Waals surface area contributed by atoms with Crippen molar-refractivity contribution in [3.63, 3.8) is 0 Å². The minimum atomic E-state index is -0.810. The van der Waals surface area contributed by atoms with Crippen molar-refractivity contribution >= 4 is 17.9 Å². The molecule has 0 heterocycles. The molecular weight excluding hydrogens is 612 g/mol. The summed E-state index contributed by atoms with van der Waals surface area (Å²) < 4.78 is 16.5. The molecule has 0 spiro atoms. The molecule has 0 bridgehead atoms. The topological polar surface area (TPSA) is 78.9 Å². The Labute approximate surface area is 299 Å². The molecule has 0 saturated carbocycles. The molecule has 0 aromatic rings. The summed E-state index contributed by atoms with van der Waals surface area (Å²) in [6.07, 6.45) is 45.9. The van der Waals surface area contributed by atoms with Crippen molar-refractivity contribution in [2.24, 2.45) is 0 Å². The lowest BCUT2D eigenvalue weighted by Gasteiger charge is -2.18. The monoisotopic (exact) mass is 681 g/mol. The Morgan fingerprint density at radius 2 is 0.837 bits per heavy atom. The Bertz CT molecular complexity index is 1010. The first-order valence-corrected chi connectivity index (χ1v) is 19.1. The van der Waals surface area contributed by atoms with Crippen LogP contribution in [0.5, 0.6) is 0 Å². The van der Waals surface area contributed by atoms with Gasteiger partial charge in [0.25, 0.3) is 0 Å². The van der Waals surface area contributed by atoms with Crippen LogP contribution in [0.25, 0.3) is 0 Å². The average molecular weight is 681 g/mol. The fourth-order valence-electron chi connectivity index (χ4n) is 4.63. The third-order valence-corrected chi connectivity index (χ3v) is 7.44. The molecule has 1 unspecified atom stereocenters. The highest BCUT2D eigenvalue weighted by Crippen LogP contribution is 2.11. The van der Waals surface area contributed by atoms with E-state index in [9.17, 15) is 14.4 Å². The molecule has 6 heteroatoms. The van der Waals surface area contributed by atoms with E-state index in [1.54, 1.807) is 0 Å². The maximum Gasteiger partial charge on any atom is 0.306 e. The maximum atomic E-state index is 12.6. The first-order valence-electron chi connectivity index (χ1n) is 19.1. The van der Waals surface area contributed by atoms with Gasteiger partial charge in [0.1, 0.15) is 13.2 Å². The second-order valence-electron chi connectivity index (χ2n) is 12.1. The van der Waals surface area contributed by atoms with Crippen LogP contribution in [0, 0.1) is 0 Å². The van der Waals surface area contributed by atoms with E-state index in [1.165, 1.54) is 0 Å². The number of carbonyl (C=O) groups is 3. The van der Waals surface area contributed by atoms with Crippen LogP contribution >= 0.6 is 0 Å². The van der Waals surface area contributed by atoms with Crippen molar-refractivity contribution in [3.8, 4) is 0 Å². The first kappa shape index (κ1) is 45.6. The van der Waals surface area contributed by atoms with E-state index < -0.39 is 6.10 Å². The van der Waals surface area contributed by atoms with Gasteiger partial charge in [-0.2, -0.15) is 0 Å². The molecule has 6 nitrogen and oxygen atoms in total. The number of hydrogen-bond donors (Lipinski definition) is 0. The van der Waals surface area contributed by atoms with Crippen LogP contribution in [0.4, 0.5) is 0 Å². The van der Waals surface area contributed by atoms with Gasteiger partial charge in [0.15, 0.2) is 6.10 Å². The number of allylic oxidation sites excluding steroid dienone is 14. The van der Waals surface area contributed by atoms with Gasteiger partial charge in [-0.05, 0) is 89.9 Å². The average Bonchev–Trinajstić information content (AvgIpc) is 3.10. The molecule has 276 valence electrons. The highest BCUT2D eigenvalue weighted by Gasteiger charge is 2.19. The molecule has 0 rings (SSSR count). The van der Waals surface area contributed by atoms with Crippen molar-refractivity contribution in [1.82, 2.24) is 0 Å². The standard InChI is InChI=1S/C43H68O6/c1-4-7-10-13-16-19-20-21-22-25-27-30-33-36-42(45)48-39-40(49-43(46)37-34-31-28-24-18-15-12-9-6-3)38-47-41(44)35-32-29-26-23-17-14-11-8-5-2/h7-13,16-20,23-24,40H,4-6,14-15,21-22,25-39H2,1-3H3/b10-7-,11-8-,12-9-,16-13-,20-19-,23-17-,24-18-. The van der Waals surface area contributed by atoms with E-state index in [1.807, 2.05) is 6.08 Å². The van der Waals surface area contributed by atoms with Crippen LogP contribution < -0.4 is 0 Å². The number of hydrogen-bond acceptors (Lipinski definition) is 6. The van der Waals surface area contributed by atoms with Gasteiger partial charge in [0, 0.05) is 19.3 Å². The minimum absolute atomic E-state index is 0.113. The number of unbranched alkanes of at least 4 members (excludes halogenated alkanes) is 9. The largest absolute Gasteiger partial charge is 0.462 e. The van der Waals surface area contributed by atoms with Gasteiger partial charge in [0.05, 0.1) is 0 Å². The normalized spacial score (nSPS) is 13.0. The van der Waals surface area contributed by atoms with Gasteiger partial charge in [-0.1, -0.05) is 125 Å². The van der Waals surface area contributed by atoms with Crippen LogP contribution in [-0.4, -0.2) is 37.2 Å². The molecule has 0 N–H and O–H groups in total. The summed E-state index contributed by atoms with van der Waals surface area (Å²) >= 11 is 0. The molecule has 0 aliphatic heterocycles. The first-order chi connectivity index (χ1) is 24.0. The van der Waals surface area contributed by atoms with Gasteiger partial charge < -0.3 is 14.2 Å². The van der Waals surface area contributed by atoms with Crippen molar-refractivity contribution in [1.29, 1.82) is 0 Å². The van der Waals surface area contributed by atoms with E-state index in [-0.39, 0.29) is 37.5 Å². The summed E-state index contributed by atoms with van der Waals surface area (Å²) in [6, 6.07) is 0. The SMILES string of the molecule is CC\C=C/C=C\C=C/CCCCCCCC(=O)OCC(COC(=O)CCCC/C=C\C/C=C\CC)OC(=O)CCCC/C=C\C/C=C\CC. The smallest absolute Gasteiger partial charge is 0.306 e. The summed E-state index contributed by atoms with van der Waals surface area (Å²) in [6.45, 7) is 6.12. The predicted molar refractivity (Wildman–Crippen MR) is 205 cm³/mol. The van der Waals surface area contributed by atoms with E-state index >= 15 is 0 Å². The molecule has 1 atom stereocenters. The Morgan fingerprint density at radius 3 is 1.39 bits per heavy atom. The summed E-state index contributed by atoms with van der Waals surface area (Å²) in [5, 5.41) is 0. The molecule has 0 radical (unpaired) electrons. The minimum Gasteiger partial charge on any atom is -0.462 e. The lowest BCUT2D eigenvalue weighted by Crippen LogP contribution is -2.30. The lowest BCUT2D eigenvalue weighted by atomic mass is 10.1. The zero-order valence-electron chi connectivity index (χ0n) is 31.2. The summed E-state index contributed by atoms with van der Waals surface area (Å²) in [5.41, 5.74) is 0. The predicted octanol–water partition coefficient (Wildman–Crippen LogP) is 11.7. The second-order valence-corrected chi connectivity index (χ2v) is 12.1. The zero-order chi connectivity index (χ0) is 35.9. The van der Waals surface area contributed by atoms with Crippen LogP contribution in [-0.2, 0) is 28.6 Å². The number of ether oxygens (including phenoxy) is 3. The highest BCUT2D eigenvalue weighted by atomic mass is 16.6. The van der Waals surface area contributed by atoms with E-state index in [2.05, 4.69) is 99.8 Å².